The SMILES string of the molecule is N#Cc1cccc(COc2ncc(F)c(NCO)n2)c1. The highest BCUT2D eigenvalue weighted by Gasteiger charge is 2.07. The van der Waals surface area contributed by atoms with E-state index < -0.39 is 12.5 Å². The fourth-order valence-electron chi connectivity index (χ4n) is 1.50. The number of aliphatic hydroxyl groups is 1. The molecule has 102 valence electrons. The van der Waals surface area contributed by atoms with Crippen LogP contribution in [0.3, 0.4) is 0 Å². The first-order valence-corrected chi connectivity index (χ1v) is 5.72. The van der Waals surface area contributed by atoms with Gasteiger partial charge in [-0.25, -0.2) is 9.37 Å². The van der Waals surface area contributed by atoms with Crippen LogP contribution in [0.5, 0.6) is 6.01 Å². The van der Waals surface area contributed by atoms with Crippen LogP contribution in [0.4, 0.5) is 10.2 Å². The molecule has 0 aliphatic carbocycles. The Hall–Kier alpha value is -2.72. The number of hydrogen-bond donors (Lipinski definition) is 2. The van der Waals surface area contributed by atoms with Gasteiger partial charge in [-0.3, -0.25) is 0 Å². The highest BCUT2D eigenvalue weighted by Crippen LogP contribution is 2.14. The van der Waals surface area contributed by atoms with Crippen LogP contribution in [-0.2, 0) is 6.61 Å². The topological polar surface area (TPSA) is 91.1 Å². The van der Waals surface area contributed by atoms with Gasteiger partial charge >= 0.3 is 6.01 Å². The average Bonchev–Trinajstić information content (AvgIpc) is 2.48. The largest absolute Gasteiger partial charge is 0.459 e. The van der Waals surface area contributed by atoms with Crippen LogP contribution in [0, 0.1) is 17.1 Å². The van der Waals surface area contributed by atoms with Crippen molar-refractivity contribution in [3.05, 3.63) is 47.4 Å². The molecule has 0 aliphatic rings. The molecule has 0 fully saturated rings. The maximum atomic E-state index is 13.2. The van der Waals surface area contributed by atoms with Crippen molar-refractivity contribution in [3.63, 3.8) is 0 Å². The van der Waals surface area contributed by atoms with Crippen molar-refractivity contribution in [3.8, 4) is 12.1 Å². The predicted molar refractivity (Wildman–Crippen MR) is 68.2 cm³/mol. The molecular weight excluding hydrogens is 263 g/mol. The number of nitrogens with zero attached hydrogens (tertiary/aromatic N) is 3. The van der Waals surface area contributed by atoms with E-state index in [1.165, 1.54) is 0 Å². The summed E-state index contributed by atoms with van der Waals surface area (Å²) in [5.41, 5.74) is 1.29. The lowest BCUT2D eigenvalue weighted by molar-refractivity contribution is 0.279. The molecule has 1 heterocycles. The molecule has 2 N–H and O–H groups in total. The summed E-state index contributed by atoms with van der Waals surface area (Å²) in [4.78, 5) is 7.46. The molecule has 2 rings (SSSR count). The van der Waals surface area contributed by atoms with Crippen LogP contribution in [-0.4, -0.2) is 21.8 Å². The Morgan fingerprint density at radius 1 is 1.45 bits per heavy atom. The van der Waals surface area contributed by atoms with Crippen LogP contribution in [0.1, 0.15) is 11.1 Å². The Bertz CT molecular complexity index is 643. The Morgan fingerprint density at radius 2 is 2.30 bits per heavy atom. The molecule has 0 spiro atoms. The van der Waals surface area contributed by atoms with Crippen molar-refractivity contribution in [2.75, 3.05) is 12.0 Å². The number of halogens is 1. The summed E-state index contributed by atoms with van der Waals surface area (Å²) in [5.74, 6) is -0.818. The summed E-state index contributed by atoms with van der Waals surface area (Å²) in [6.07, 6.45) is 0.950. The smallest absolute Gasteiger partial charge is 0.318 e. The van der Waals surface area contributed by atoms with Gasteiger partial charge in [-0.2, -0.15) is 10.2 Å². The van der Waals surface area contributed by atoms with Gasteiger partial charge in [0.1, 0.15) is 13.3 Å². The van der Waals surface area contributed by atoms with Crippen molar-refractivity contribution in [2.24, 2.45) is 0 Å². The lowest BCUT2D eigenvalue weighted by Gasteiger charge is -2.07. The Labute approximate surface area is 114 Å². The van der Waals surface area contributed by atoms with Crippen molar-refractivity contribution in [2.45, 2.75) is 6.61 Å². The number of anilines is 1. The van der Waals surface area contributed by atoms with Gasteiger partial charge in [0.25, 0.3) is 0 Å². The zero-order valence-corrected chi connectivity index (χ0v) is 10.4. The zero-order valence-electron chi connectivity index (χ0n) is 10.4. The number of hydrogen-bond acceptors (Lipinski definition) is 6. The van der Waals surface area contributed by atoms with E-state index in [0.717, 1.165) is 11.8 Å². The Kier molecular flexibility index (Phi) is 4.42. The third-order valence-electron chi connectivity index (χ3n) is 2.39. The van der Waals surface area contributed by atoms with Gasteiger partial charge in [0, 0.05) is 0 Å². The van der Waals surface area contributed by atoms with E-state index in [0.29, 0.717) is 5.56 Å². The number of nitriles is 1. The van der Waals surface area contributed by atoms with Gasteiger partial charge in [0.2, 0.25) is 0 Å². The molecule has 0 amide bonds. The maximum absolute atomic E-state index is 13.2. The zero-order chi connectivity index (χ0) is 14.4. The first kappa shape index (κ1) is 13.7. The Morgan fingerprint density at radius 3 is 3.05 bits per heavy atom. The number of ether oxygens (including phenoxy) is 1. The van der Waals surface area contributed by atoms with E-state index in [-0.39, 0.29) is 18.4 Å². The Balaban J connectivity index is 2.07. The monoisotopic (exact) mass is 274 g/mol. The summed E-state index contributed by atoms with van der Waals surface area (Å²) in [6.45, 7) is -0.294. The van der Waals surface area contributed by atoms with Crippen LogP contribution < -0.4 is 10.1 Å². The second kappa shape index (κ2) is 6.45. The molecule has 0 unspecified atom stereocenters. The number of aliphatic hydroxyl groups excluding tert-OH is 1. The van der Waals surface area contributed by atoms with Gasteiger partial charge in [0.15, 0.2) is 11.6 Å². The first-order valence-electron chi connectivity index (χ1n) is 5.72. The molecule has 0 aliphatic heterocycles. The van der Waals surface area contributed by atoms with Gasteiger partial charge in [-0.05, 0) is 17.7 Å². The second-order valence-electron chi connectivity index (χ2n) is 3.78. The molecule has 20 heavy (non-hydrogen) atoms. The van der Waals surface area contributed by atoms with Crippen LogP contribution >= 0.6 is 0 Å². The van der Waals surface area contributed by atoms with E-state index in [2.05, 4.69) is 15.3 Å². The van der Waals surface area contributed by atoms with E-state index in [9.17, 15) is 4.39 Å². The summed E-state index contributed by atoms with van der Waals surface area (Å²) in [7, 11) is 0. The van der Waals surface area contributed by atoms with Crippen LogP contribution in [0.15, 0.2) is 30.5 Å². The van der Waals surface area contributed by atoms with E-state index in [1.807, 2.05) is 6.07 Å². The normalized spacial score (nSPS) is 9.85. The second-order valence-corrected chi connectivity index (χ2v) is 3.78. The molecule has 0 saturated heterocycles. The fourth-order valence-corrected chi connectivity index (χ4v) is 1.50. The van der Waals surface area contributed by atoms with Crippen molar-refractivity contribution in [1.29, 1.82) is 5.26 Å². The fraction of sp³-hybridized carbons (Fsp3) is 0.154. The van der Waals surface area contributed by atoms with Gasteiger partial charge in [-0.15, -0.1) is 0 Å². The minimum atomic E-state index is -0.683. The summed E-state index contributed by atoms with van der Waals surface area (Å²) < 4.78 is 18.5. The molecule has 2 aromatic rings. The number of nitrogens with one attached hydrogen (secondary N) is 1. The van der Waals surface area contributed by atoms with E-state index in [1.54, 1.807) is 24.3 Å². The van der Waals surface area contributed by atoms with E-state index in [4.69, 9.17) is 15.1 Å². The molecule has 7 heteroatoms. The van der Waals surface area contributed by atoms with Gasteiger partial charge in [-0.1, -0.05) is 12.1 Å². The standard InChI is InChI=1S/C13H11FN4O2/c14-11-6-16-13(18-12(11)17-8-19)20-7-10-3-1-2-9(4-10)5-15/h1-4,6,19H,7-8H2,(H,16,17,18). The van der Waals surface area contributed by atoms with Crippen LogP contribution in [0.25, 0.3) is 0 Å². The lowest BCUT2D eigenvalue weighted by Crippen LogP contribution is -2.07. The first-order chi connectivity index (χ1) is 9.72. The lowest BCUT2D eigenvalue weighted by atomic mass is 10.1. The minimum absolute atomic E-state index is 0.0234. The molecule has 0 bridgehead atoms. The highest BCUT2D eigenvalue weighted by molar-refractivity contribution is 5.35. The van der Waals surface area contributed by atoms with Gasteiger partial charge < -0.3 is 15.2 Å². The van der Waals surface area contributed by atoms with Crippen molar-refractivity contribution in [1.82, 2.24) is 9.97 Å². The van der Waals surface area contributed by atoms with E-state index >= 15 is 0 Å². The quantitative estimate of drug-likeness (QED) is 0.801. The van der Waals surface area contributed by atoms with Crippen molar-refractivity contribution < 1.29 is 14.2 Å². The molecule has 1 aromatic carbocycles. The van der Waals surface area contributed by atoms with Crippen LogP contribution in [0.2, 0.25) is 0 Å². The molecule has 0 radical (unpaired) electrons. The van der Waals surface area contributed by atoms with Crippen molar-refractivity contribution >= 4 is 5.82 Å². The molecule has 0 saturated carbocycles. The average molecular weight is 274 g/mol. The number of aromatic nitrogens is 2. The summed E-state index contributed by atoms with van der Waals surface area (Å²) in [5, 5.41) is 19.8. The third kappa shape index (κ3) is 3.40. The number of benzene rings is 1. The third-order valence-corrected chi connectivity index (χ3v) is 2.39. The molecule has 1 aromatic heterocycles. The summed E-state index contributed by atoms with van der Waals surface area (Å²) in [6, 6.07) is 8.89. The number of rotatable bonds is 5. The predicted octanol–water partition coefficient (Wildman–Crippen LogP) is 1.43. The highest BCUT2D eigenvalue weighted by atomic mass is 19.1. The molecule has 0 atom stereocenters. The minimum Gasteiger partial charge on any atom is -0.459 e. The summed E-state index contributed by atoms with van der Waals surface area (Å²) >= 11 is 0. The maximum Gasteiger partial charge on any atom is 0.318 e. The molecule has 6 nitrogen and oxygen atoms in total. The molecular formula is C13H11FN4O2. The van der Waals surface area contributed by atoms with Gasteiger partial charge in [0.05, 0.1) is 17.8 Å².